The molecule has 0 aromatic heterocycles. The Labute approximate surface area is 133 Å². The van der Waals surface area contributed by atoms with Gasteiger partial charge in [-0.15, -0.1) is 0 Å². The van der Waals surface area contributed by atoms with Gasteiger partial charge in [-0.2, -0.15) is 0 Å². The highest BCUT2D eigenvalue weighted by atomic mass is 16.5. The fraction of sp³-hybridized carbons (Fsp3) is 0.588. The number of amides is 1. The Hall–Kier alpha value is -1.59. The second-order valence-corrected chi connectivity index (χ2v) is 6.18. The molecular weight excluding hydrogens is 278 g/mol. The number of nitrogens with zero attached hydrogens (tertiary/aromatic N) is 2. The molecule has 0 saturated heterocycles. The summed E-state index contributed by atoms with van der Waals surface area (Å²) in [7, 11) is 4.08. The summed E-state index contributed by atoms with van der Waals surface area (Å²) in [4.78, 5) is 16.6. The molecule has 5 nitrogen and oxygen atoms in total. The van der Waals surface area contributed by atoms with Crippen molar-refractivity contribution in [1.29, 1.82) is 0 Å². The lowest BCUT2D eigenvalue weighted by Crippen LogP contribution is -2.46. The van der Waals surface area contributed by atoms with Crippen LogP contribution in [0.15, 0.2) is 18.2 Å². The van der Waals surface area contributed by atoms with Crippen LogP contribution in [-0.4, -0.2) is 44.1 Å². The number of hydrogen-bond acceptors (Lipinski definition) is 4. The maximum absolute atomic E-state index is 12.6. The first kappa shape index (κ1) is 16.8. The van der Waals surface area contributed by atoms with Crippen molar-refractivity contribution in [3.63, 3.8) is 0 Å². The third-order valence-electron chi connectivity index (χ3n) is 3.97. The maximum atomic E-state index is 12.6. The van der Waals surface area contributed by atoms with E-state index in [0.717, 1.165) is 30.0 Å². The number of rotatable bonds is 6. The summed E-state index contributed by atoms with van der Waals surface area (Å²) in [6.07, 6.45) is 1.22. The molecule has 0 radical (unpaired) electrons. The molecule has 1 aromatic carbocycles. The molecule has 1 amide bonds. The fourth-order valence-corrected chi connectivity index (χ4v) is 2.66. The number of hydrogen-bond donors (Lipinski definition) is 1. The zero-order chi connectivity index (χ0) is 16.3. The SMILES string of the molecule is CC[C@@H]1Oc2ccc([C@H](C)N)cc2N(CCCN(C)C)C1=O. The molecule has 1 aromatic rings. The van der Waals surface area contributed by atoms with Crippen molar-refractivity contribution in [2.45, 2.75) is 38.8 Å². The molecule has 0 bridgehead atoms. The zero-order valence-electron chi connectivity index (χ0n) is 14.0. The Morgan fingerprint density at radius 2 is 2.14 bits per heavy atom. The first-order chi connectivity index (χ1) is 10.4. The monoisotopic (exact) mass is 305 g/mol. The van der Waals surface area contributed by atoms with Crippen LogP contribution in [0, 0.1) is 0 Å². The standard InChI is InChI=1S/C17H27N3O2/c1-5-15-17(21)20(10-6-9-19(3)4)14-11-13(12(2)18)7-8-16(14)22-15/h7-8,11-12,15H,5-6,9-10,18H2,1-4H3/t12-,15-/m0/s1. The lowest BCUT2D eigenvalue weighted by molar-refractivity contribution is -0.126. The first-order valence-corrected chi connectivity index (χ1v) is 7.96. The van der Waals surface area contributed by atoms with Crippen LogP contribution in [0.25, 0.3) is 0 Å². The van der Waals surface area contributed by atoms with Crippen LogP contribution in [0.3, 0.4) is 0 Å². The molecule has 2 atom stereocenters. The summed E-state index contributed by atoms with van der Waals surface area (Å²) < 4.78 is 5.84. The van der Waals surface area contributed by atoms with E-state index in [-0.39, 0.29) is 18.1 Å². The largest absolute Gasteiger partial charge is 0.478 e. The third-order valence-corrected chi connectivity index (χ3v) is 3.97. The molecule has 1 aliphatic heterocycles. The molecule has 1 heterocycles. The molecule has 0 aliphatic carbocycles. The summed E-state index contributed by atoms with van der Waals surface area (Å²) in [6, 6.07) is 5.83. The van der Waals surface area contributed by atoms with Gasteiger partial charge in [0.1, 0.15) is 5.75 Å². The van der Waals surface area contributed by atoms with Crippen molar-refractivity contribution < 1.29 is 9.53 Å². The van der Waals surface area contributed by atoms with E-state index in [1.165, 1.54) is 0 Å². The second kappa shape index (κ2) is 7.11. The molecule has 0 unspecified atom stereocenters. The molecule has 0 spiro atoms. The van der Waals surface area contributed by atoms with E-state index < -0.39 is 0 Å². The normalized spacial score (nSPS) is 19.1. The van der Waals surface area contributed by atoms with Crippen LogP contribution in [0.4, 0.5) is 5.69 Å². The Balaban J connectivity index is 2.29. The van der Waals surface area contributed by atoms with Gasteiger partial charge in [-0.05, 0) is 58.1 Å². The van der Waals surface area contributed by atoms with Crippen molar-refractivity contribution in [1.82, 2.24) is 4.90 Å². The molecular formula is C17H27N3O2. The minimum atomic E-state index is -0.381. The highest BCUT2D eigenvalue weighted by molar-refractivity contribution is 6.00. The van der Waals surface area contributed by atoms with E-state index in [1.54, 1.807) is 0 Å². The third kappa shape index (κ3) is 3.59. The predicted octanol–water partition coefficient (Wildman–Crippen LogP) is 2.16. The Morgan fingerprint density at radius 1 is 1.41 bits per heavy atom. The number of anilines is 1. The van der Waals surface area contributed by atoms with Crippen molar-refractivity contribution >= 4 is 11.6 Å². The van der Waals surface area contributed by atoms with Gasteiger partial charge >= 0.3 is 0 Å². The number of carbonyl (C=O) groups excluding carboxylic acids is 1. The van der Waals surface area contributed by atoms with Gasteiger partial charge in [-0.1, -0.05) is 13.0 Å². The Kier molecular flexibility index (Phi) is 5.42. The van der Waals surface area contributed by atoms with Crippen LogP contribution in [0.5, 0.6) is 5.75 Å². The number of ether oxygens (including phenoxy) is 1. The minimum absolute atomic E-state index is 0.0515. The molecule has 0 saturated carbocycles. The molecule has 1 aliphatic rings. The summed E-state index contributed by atoms with van der Waals surface area (Å²) in [5.74, 6) is 0.830. The minimum Gasteiger partial charge on any atom is -0.478 e. The lowest BCUT2D eigenvalue weighted by atomic mass is 10.0. The molecule has 2 N–H and O–H groups in total. The van der Waals surface area contributed by atoms with Gasteiger partial charge in [0.05, 0.1) is 5.69 Å². The highest BCUT2D eigenvalue weighted by Crippen LogP contribution is 2.36. The number of benzene rings is 1. The lowest BCUT2D eigenvalue weighted by Gasteiger charge is -2.35. The van der Waals surface area contributed by atoms with Gasteiger partial charge in [-0.25, -0.2) is 0 Å². The quantitative estimate of drug-likeness (QED) is 0.875. The maximum Gasteiger partial charge on any atom is 0.268 e. The van der Waals surface area contributed by atoms with E-state index in [9.17, 15) is 4.79 Å². The van der Waals surface area contributed by atoms with Crippen LogP contribution < -0.4 is 15.4 Å². The molecule has 0 fully saturated rings. The molecule has 5 heteroatoms. The molecule has 22 heavy (non-hydrogen) atoms. The van der Waals surface area contributed by atoms with E-state index in [2.05, 4.69) is 4.90 Å². The van der Waals surface area contributed by atoms with Gasteiger partial charge < -0.3 is 20.3 Å². The molecule has 2 rings (SSSR count). The Bertz CT molecular complexity index is 529. The van der Waals surface area contributed by atoms with Gasteiger partial charge in [0.15, 0.2) is 6.10 Å². The average molecular weight is 305 g/mol. The fourth-order valence-electron chi connectivity index (χ4n) is 2.66. The van der Waals surface area contributed by atoms with E-state index in [0.29, 0.717) is 13.0 Å². The van der Waals surface area contributed by atoms with E-state index in [4.69, 9.17) is 10.5 Å². The summed E-state index contributed by atoms with van der Waals surface area (Å²) in [5, 5.41) is 0. The topological polar surface area (TPSA) is 58.8 Å². The number of carbonyl (C=O) groups is 1. The highest BCUT2D eigenvalue weighted by Gasteiger charge is 2.33. The van der Waals surface area contributed by atoms with Crippen molar-refractivity contribution in [2.75, 3.05) is 32.1 Å². The van der Waals surface area contributed by atoms with E-state index in [1.807, 2.05) is 51.0 Å². The Morgan fingerprint density at radius 3 is 2.73 bits per heavy atom. The van der Waals surface area contributed by atoms with Crippen molar-refractivity contribution in [3.8, 4) is 5.75 Å². The van der Waals surface area contributed by atoms with Crippen molar-refractivity contribution in [3.05, 3.63) is 23.8 Å². The first-order valence-electron chi connectivity index (χ1n) is 7.96. The van der Waals surface area contributed by atoms with Gasteiger partial charge in [0.2, 0.25) is 0 Å². The van der Waals surface area contributed by atoms with Gasteiger partial charge in [0, 0.05) is 12.6 Å². The zero-order valence-corrected chi connectivity index (χ0v) is 14.0. The van der Waals surface area contributed by atoms with Gasteiger partial charge in [-0.3, -0.25) is 4.79 Å². The summed E-state index contributed by atoms with van der Waals surface area (Å²) >= 11 is 0. The smallest absolute Gasteiger partial charge is 0.268 e. The van der Waals surface area contributed by atoms with Crippen LogP contribution in [-0.2, 0) is 4.79 Å². The summed E-state index contributed by atoms with van der Waals surface area (Å²) in [6.45, 7) is 5.57. The summed E-state index contributed by atoms with van der Waals surface area (Å²) in [5.41, 5.74) is 7.84. The van der Waals surface area contributed by atoms with Crippen LogP contribution in [0.1, 0.15) is 38.3 Å². The van der Waals surface area contributed by atoms with Crippen molar-refractivity contribution in [2.24, 2.45) is 5.73 Å². The average Bonchev–Trinajstić information content (AvgIpc) is 2.48. The second-order valence-electron chi connectivity index (χ2n) is 6.18. The van der Waals surface area contributed by atoms with Crippen LogP contribution in [0.2, 0.25) is 0 Å². The predicted molar refractivity (Wildman–Crippen MR) is 89.3 cm³/mol. The number of nitrogens with two attached hydrogens (primary N) is 1. The number of fused-ring (bicyclic) bond motifs is 1. The van der Waals surface area contributed by atoms with Crippen LogP contribution >= 0.6 is 0 Å². The van der Waals surface area contributed by atoms with Gasteiger partial charge in [0.25, 0.3) is 5.91 Å². The molecule has 122 valence electrons. The van der Waals surface area contributed by atoms with E-state index >= 15 is 0 Å².